The molecule has 0 saturated heterocycles. The number of aromatic nitrogens is 6. The third kappa shape index (κ3) is 3.49. The lowest BCUT2D eigenvalue weighted by Gasteiger charge is -2.14. The lowest BCUT2D eigenvalue weighted by atomic mass is 10.1. The molecule has 0 aliphatic heterocycles. The Balaban J connectivity index is 1.46. The van der Waals surface area contributed by atoms with Crippen LogP contribution in [0.3, 0.4) is 0 Å². The predicted molar refractivity (Wildman–Crippen MR) is 115 cm³/mol. The number of rotatable bonds is 4. The molecule has 0 amide bonds. The van der Waals surface area contributed by atoms with Crippen LogP contribution in [-0.4, -0.2) is 29.9 Å². The second-order valence-electron chi connectivity index (χ2n) is 6.89. The molecule has 5 rings (SSSR count). The highest BCUT2D eigenvalue weighted by molar-refractivity contribution is 6.30. The summed E-state index contributed by atoms with van der Waals surface area (Å²) in [5, 5.41) is 12.2. The smallest absolute Gasteiger partial charge is 0.170 e. The molecule has 3 aromatic heterocycles. The lowest BCUT2D eigenvalue weighted by Crippen LogP contribution is -2.01. The van der Waals surface area contributed by atoms with E-state index in [4.69, 9.17) is 16.3 Å². The molecule has 0 atom stereocenters. The highest BCUT2D eigenvalue weighted by Crippen LogP contribution is 2.33. The summed E-state index contributed by atoms with van der Waals surface area (Å²) < 4.78 is 22.5. The molecule has 5 aromatic rings. The number of halogens is 2. The summed E-state index contributed by atoms with van der Waals surface area (Å²) in [5.41, 5.74) is 3.07. The minimum absolute atomic E-state index is 0.103. The third-order valence-electron chi connectivity index (χ3n) is 4.90. The summed E-state index contributed by atoms with van der Waals surface area (Å²) in [7, 11) is 1.80. The van der Waals surface area contributed by atoms with Crippen molar-refractivity contribution in [3.63, 3.8) is 0 Å². The molecular formula is C21H15ClFN7O. The largest absolute Gasteiger partial charge is 0.454 e. The fourth-order valence-electron chi connectivity index (χ4n) is 3.25. The van der Waals surface area contributed by atoms with Gasteiger partial charge in [-0.3, -0.25) is 0 Å². The summed E-state index contributed by atoms with van der Waals surface area (Å²) in [6, 6.07) is 10.2. The molecule has 0 bridgehead atoms. The van der Waals surface area contributed by atoms with Crippen molar-refractivity contribution in [2.45, 2.75) is 6.92 Å². The Morgan fingerprint density at radius 2 is 1.94 bits per heavy atom. The zero-order valence-corrected chi connectivity index (χ0v) is 17.2. The number of nitrogens with zero attached hydrogens (tertiary/aromatic N) is 6. The number of fused-ring (bicyclic) bond motifs is 2. The van der Waals surface area contributed by atoms with Gasteiger partial charge < -0.3 is 10.1 Å². The number of hydrogen-bond donors (Lipinski definition) is 1. The molecule has 0 fully saturated rings. The number of anilines is 2. The average Bonchev–Trinajstić information content (AvgIpc) is 3.14. The number of nitrogens with one attached hydrogen (secondary N) is 1. The van der Waals surface area contributed by atoms with Gasteiger partial charge in [0.2, 0.25) is 0 Å². The van der Waals surface area contributed by atoms with Crippen molar-refractivity contribution in [2.24, 2.45) is 7.05 Å². The molecule has 3 heterocycles. The fourth-order valence-corrected chi connectivity index (χ4v) is 3.40. The van der Waals surface area contributed by atoms with Gasteiger partial charge in [0.05, 0.1) is 17.2 Å². The molecule has 0 radical (unpaired) electrons. The monoisotopic (exact) mass is 435 g/mol. The summed E-state index contributed by atoms with van der Waals surface area (Å²) in [6.07, 6.45) is 2.97. The Kier molecular flexibility index (Phi) is 4.59. The molecule has 0 saturated carbocycles. The predicted octanol–water partition coefficient (Wildman–Crippen LogP) is 4.94. The first-order valence-electron chi connectivity index (χ1n) is 9.29. The van der Waals surface area contributed by atoms with Crippen molar-refractivity contribution in [3.05, 3.63) is 65.5 Å². The van der Waals surface area contributed by atoms with Gasteiger partial charge in [-0.15, -0.1) is 5.10 Å². The van der Waals surface area contributed by atoms with Crippen LogP contribution in [0, 0.1) is 12.7 Å². The van der Waals surface area contributed by atoms with Crippen molar-refractivity contribution in [3.8, 4) is 11.5 Å². The highest BCUT2D eigenvalue weighted by atomic mass is 35.5. The second kappa shape index (κ2) is 7.44. The summed E-state index contributed by atoms with van der Waals surface area (Å²) in [4.78, 5) is 12.4. The van der Waals surface area contributed by atoms with Crippen LogP contribution in [0.2, 0.25) is 5.15 Å². The van der Waals surface area contributed by atoms with E-state index < -0.39 is 5.82 Å². The molecule has 8 nitrogen and oxygen atoms in total. The van der Waals surface area contributed by atoms with Gasteiger partial charge in [0.25, 0.3) is 0 Å². The van der Waals surface area contributed by atoms with E-state index in [9.17, 15) is 0 Å². The molecule has 0 spiro atoms. The van der Waals surface area contributed by atoms with Crippen LogP contribution in [0.1, 0.15) is 5.56 Å². The maximum absolute atomic E-state index is 15.1. The summed E-state index contributed by atoms with van der Waals surface area (Å²) in [5.74, 6) is 0.586. The Bertz CT molecular complexity index is 1450. The van der Waals surface area contributed by atoms with Gasteiger partial charge in [0, 0.05) is 29.8 Å². The van der Waals surface area contributed by atoms with E-state index in [0.717, 1.165) is 5.52 Å². The van der Waals surface area contributed by atoms with Gasteiger partial charge in [0.15, 0.2) is 11.6 Å². The molecule has 2 aromatic carbocycles. The maximum atomic E-state index is 15.1. The van der Waals surface area contributed by atoms with Gasteiger partial charge in [-0.1, -0.05) is 16.8 Å². The van der Waals surface area contributed by atoms with Gasteiger partial charge >= 0.3 is 0 Å². The Hall–Kier alpha value is -3.85. The zero-order chi connectivity index (χ0) is 21.5. The van der Waals surface area contributed by atoms with Crippen LogP contribution < -0.4 is 10.1 Å². The van der Waals surface area contributed by atoms with E-state index in [1.54, 1.807) is 55.2 Å². The quantitative estimate of drug-likeness (QED) is 0.399. The van der Waals surface area contributed by atoms with Crippen LogP contribution in [0.25, 0.3) is 21.9 Å². The molecule has 10 heteroatoms. The third-order valence-corrected chi connectivity index (χ3v) is 5.11. The molecule has 31 heavy (non-hydrogen) atoms. The average molecular weight is 436 g/mol. The lowest BCUT2D eigenvalue weighted by molar-refractivity contribution is 0.441. The molecular weight excluding hydrogens is 421 g/mol. The van der Waals surface area contributed by atoms with Crippen LogP contribution in [0.4, 0.5) is 15.9 Å². The van der Waals surface area contributed by atoms with Crippen molar-refractivity contribution in [1.82, 2.24) is 29.9 Å². The van der Waals surface area contributed by atoms with Crippen molar-refractivity contribution in [2.75, 3.05) is 5.32 Å². The Labute approximate surface area is 180 Å². The first-order valence-corrected chi connectivity index (χ1v) is 9.67. The number of ether oxygens (including phenoxy) is 1. The van der Waals surface area contributed by atoms with E-state index in [1.165, 1.54) is 6.33 Å². The fraction of sp³-hybridized carbons (Fsp3) is 0.0952. The van der Waals surface area contributed by atoms with Crippen molar-refractivity contribution in [1.29, 1.82) is 0 Å². The van der Waals surface area contributed by atoms with E-state index in [2.05, 4.69) is 30.6 Å². The number of aryl methyl sites for hydroxylation is 1. The van der Waals surface area contributed by atoms with Crippen LogP contribution in [0.5, 0.6) is 11.5 Å². The molecule has 0 unspecified atom stereocenters. The van der Waals surface area contributed by atoms with Gasteiger partial charge in [-0.25, -0.2) is 24.0 Å². The minimum atomic E-state index is -0.484. The Morgan fingerprint density at radius 3 is 2.81 bits per heavy atom. The molecule has 154 valence electrons. The first-order chi connectivity index (χ1) is 15.0. The normalized spacial score (nSPS) is 11.2. The number of benzene rings is 2. The van der Waals surface area contributed by atoms with Gasteiger partial charge in [-0.2, -0.15) is 0 Å². The van der Waals surface area contributed by atoms with Crippen LogP contribution in [-0.2, 0) is 7.05 Å². The summed E-state index contributed by atoms with van der Waals surface area (Å²) >= 11 is 6.00. The van der Waals surface area contributed by atoms with E-state index in [-0.39, 0.29) is 5.75 Å². The van der Waals surface area contributed by atoms with Crippen molar-refractivity contribution >= 4 is 45.0 Å². The number of hydrogen-bond acceptors (Lipinski definition) is 7. The van der Waals surface area contributed by atoms with E-state index in [0.29, 0.717) is 44.4 Å². The second-order valence-corrected chi connectivity index (χ2v) is 7.27. The molecule has 1 N–H and O–H groups in total. The maximum Gasteiger partial charge on any atom is 0.170 e. The van der Waals surface area contributed by atoms with Gasteiger partial charge in [0.1, 0.15) is 28.6 Å². The van der Waals surface area contributed by atoms with E-state index in [1.807, 2.05) is 6.07 Å². The zero-order valence-electron chi connectivity index (χ0n) is 16.5. The van der Waals surface area contributed by atoms with Crippen molar-refractivity contribution < 1.29 is 9.13 Å². The molecule has 0 aliphatic carbocycles. The van der Waals surface area contributed by atoms with Crippen LogP contribution >= 0.6 is 11.6 Å². The standard InChI is InChI=1S/C21H15ClFN7O/c1-11-14(27-21-13-8-19(22)24-9-16(13)25-10-26-21)4-6-18(20(11)23)31-12-3-5-17-15(7-12)28-29-30(17)2/h3-10H,1-2H3,(H,25,26,27). The SMILES string of the molecule is Cc1c(Nc2ncnc3cnc(Cl)cc23)ccc(Oc2ccc3c(c2)nnn3C)c1F. The molecule has 0 aliphatic rings. The number of pyridine rings is 1. The summed E-state index contributed by atoms with van der Waals surface area (Å²) in [6.45, 7) is 1.66. The van der Waals surface area contributed by atoms with Crippen LogP contribution in [0.15, 0.2) is 48.9 Å². The van der Waals surface area contributed by atoms with E-state index >= 15 is 4.39 Å². The Morgan fingerprint density at radius 1 is 1.06 bits per heavy atom. The minimum Gasteiger partial charge on any atom is -0.454 e. The topological polar surface area (TPSA) is 90.6 Å². The first kappa shape index (κ1) is 19.1. The highest BCUT2D eigenvalue weighted by Gasteiger charge is 2.14. The van der Waals surface area contributed by atoms with Gasteiger partial charge in [-0.05, 0) is 37.3 Å².